The Balaban J connectivity index is 1.78. The number of nitrogens with zero attached hydrogens (tertiary/aromatic N) is 2. The summed E-state index contributed by atoms with van der Waals surface area (Å²) < 4.78 is 0. The molecule has 3 aromatic heterocycles. The maximum Gasteiger partial charge on any atom is 0.222 e. The predicted molar refractivity (Wildman–Crippen MR) is 86.2 cm³/mol. The van der Waals surface area contributed by atoms with Crippen LogP contribution in [0.3, 0.4) is 0 Å². The number of aromatic nitrogens is 2. The van der Waals surface area contributed by atoms with Crippen molar-refractivity contribution in [2.24, 2.45) is 0 Å². The molecular formula is C15H13N3S2. The zero-order valence-corrected chi connectivity index (χ0v) is 12.3. The summed E-state index contributed by atoms with van der Waals surface area (Å²) >= 11 is 3.42. The van der Waals surface area contributed by atoms with Crippen LogP contribution < -0.4 is 5.32 Å². The third-order valence-corrected chi connectivity index (χ3v) is 4.16. The Kier molecular flexibility index (Phi) is 4.20. The Morgan fingerprint density at radius 1 is 1.05 bits per heavy atom. The predicted octanol–water partition coefficient (Wildman–Crippen LogP) is 4.14. The SMILES string of the molecule is C(CNc1ncccn1)=C(c1ccsc1)c1ccsc1. The smallest absolute Gasteiger partial charge is 0.222 e. The minimum atomic E-state index is 0.652. The molecule has 0 aromatic carbocycles. The summed E-state index contributed by atoms with van der Waals surface area (Å²) in [6.45, 7) is 0.699. The van der Waals surface area contributed by atoms with E-state index in [0.29, 0.717) is 12.5 Å². The normalized spacial score (nSPS) is 10.2. The van der Waals surface area contributed by atoms with Crippen molar-refractivity contribution in [2.75, 3.05) is 11.9 Å². The molecule has 20 heavy (non-hydrogen) atoms. The molecule has 0 spiro atoms. The fourth-order valence-electron chi connectivity index (χ4n) is 1.87. The largest absolute Gasteiger partial charge is 0.351 e. The van der Waals surface area contributed by atoms with Gasteiger partial charge in [0.1, 0.15) is 0 Å². The van der Waals surface area contributed by atoms with Gasteiger partial charge in [0.2, 0.25) is 5.95 Å². The van der Waals surface area contributed by atoms with Crippen LogP contribution in [0.5, 0.6) is 0 Å². The van der Waals surface area contributed by atoms with Crippen LogP contribution in [0.15, 0.2) is 58.2 Å². The lowest BCUT2D eigenvalue weighted by Crippen LogP contribution is -2.03. The molecule has 3 heterocycles. The maximum atomic E-state index is 4.15. The van der Waals surface area contributed by atoms with Gasteiger partial charge in [0.25, 0.3) is 0 Å². The molecule has 1 N–H and O–H groups in total. The Bertz CT molecular complexity index is 622. The third kappa shape index (κ3) is 3.12. The minimum absolute atomic E-state index is 0.652. The molecule has 0 aliphatic carbocycles. The molecule has 3 rings (SSSR count). The summed E-state index contributed by atoms with van der Waals surface area (Å²) in [6, 6.07) is 6.10. The molecule has 0 fully saturated rings. The van der Waals surface area contributed by atoms with Gasteiger partial charge in [-0.25, -0.2) is 9.97 Å². The van der Waals surface area contributed by atoms with E-state index in [-0.39, 0.29) is 0 Å². The van der Waals surface area contributed by atoms with Gasteiger partial charge in [0, 0.05) is 18.9 Å². The van der Waals surface area contributed by atoms with E-state index in [0.717, 1.165) is 0 Å². The van der Waals surface area contributed by atoms with E-state index in [1.165, 1.54) is 16.7 Å². The van der Waals surface area contributed by atoms with E-state index in [9.17, 15) is 0 Å². The van der Waals surface area contributed by atoms with Crippen molar-refractivity contribution in [2.45, 2.75) is 0 Å². The molecule has 0 radical (unpaired) electrons. The van der Waals surface area contributed by atoms with Gasteiger partial charge in [-0.3, -0.25) is 0 Å². The molecule has 0 atom stereocenters. The van der Waals surface area contributed by atoms with E-state index in [1.54, 1.807) is 35.1 Å². The first-order valence-electron chi connectivity index (χ1n) is 6.19. The summed E-state index contributed by atoms with van der Waals surface area (Å²) in [5.41, 5.74) is 3.75. The van der Waals surface area contributed by atoms with Crippen LogP contribution in [0.25, 0.3) is 5.57 Å². The molecular weight excluding hydrogens is 286 g/mol. The van der Waals surface area contributed by atoms with Crippen LogP contribution in [-0.4, -0.2) is 16.5 Å². The van der Waals surface area contributed by atoms with Crippen LogP contribution >= 0.6 is 22.7 Å². The Morgan fingerprint density at radius 2 is 1.70 bits per heavy atom. The van der Waals surface area contributed by atoms with Crippen LogP contribution in [-0.2, 0) is 0 Å². The van der Waals surface area contributed by atoms with Gasteiger partial charge in [-0.1, -0.05) is 6.08 Å². The van der Waals surface area contributed by atoms with Crippen molar-refractivity contribution in [3.05, 3.63) is 69.3 Å². The van der Waals surface area contributed by atoms with Crippen LogP contribution in [0, 0.1) is 0 Å². The number of nitrogens with one attached hydrogen (secondary N) is 1. The number of rotatable bonds is 5. The Hall–Kier alpha value is -1.98. The van der Waals surface area contributed by atoms with Crippen molar-refractivity contribution >= 4 is 34.2 Å². The second-order valence-electron chi connectivity index (χ2n) is 4.10. The molecule has 0 aliphatic heterocycles. The second-order valence-corrected chi connectivity index (χ2v) is 5.66. The summed E-state index contributed by atoms with van der Waals surface area (Å²) in [7, 11) is 0. The summed E-state index contributed by atoms with van der Waals surface area (Å²) in [5.74, 6) is 0.652. The van der Waals surface area contributed by atoms with E-state index >= 15 is 0 Å². The number of anilines is 1. The standard InChI is InChI=1S/C15H13N3S2/c1-5-16-15(17-6-1)18-7-2-14(12-3-8-19-10-12)13-4-9-20-11-13/h1-6,8-11H,7H2,(H,16,17,18). The number of hydrogen-bond acceptors (Lipinski definition) is 5. The monoisotopic (exact) mass is 299 g/mol. The molecule has 0 unspecified atom stereocenters. The molecule has 100 valence electrons. The summed E-state index contributed by atoms with van der Waals surface area (Å²) in [6.07, 6.45) is 5.65. The van der Waals surface area contributed by atoms with Gasteiger partial charge in [-0.05, 0) is 56.4 Å². The first kappa shape index (κ1) is 13.0. The van der Waals surface area contributed by atoms with Crippen LogP contribution in [0.2, 0.25) is 0 Å². The maximum absolute atomic E-state index is 4.15. The second kappa shape index (κ2) is 6.45. The average Bonchev–Trinajstić information content (AvgIpc) is 3.18. The van der Waals surface area contributed by atoms with Crippen molar-refractivity contribution in [3.63, 3.8) is 0 Å². The van der Waals surface area contributed by atoms with Crippen LogP contribution in [0.4, 0.5) is 5.95 Å². The van der Waals surface area contributed by atoms with E-state index in [1.807, 2.05) is 6.07 Å². The van der Waals surface area contributed by atoms with Crippen LogP contribution in [0.1, 0.15) is 11.1 Å². The first-order chi connectivity index (χ1) is 9.93. The topological polar surface area (TPSA) is 37.8 Å². The highest BCUT2D eigenvalue weighted by molar-refractivity contribution is 7.08. The molecule has 0 amide bonds. The number of thiophene rings is 2. The fraction of sp³-hybridized carbons (Fsp3) is 0.0667. The lowest BCUT2D eigenvalue weighted by Gasteiger charge is -2.05. The molecule has 0 saturated carbocycles. The quantitative estimate of drug-likeness (QED) is 0.769. The summed E-state index contributed by atoms with van der Waals surface area (Å²) in [5, 5.41) is 11.7. The van der Waals surface area contributed by atoms with Crippen molar-refractivity contribution in [1.29, 1.82) is 0 Å². The van der Waals surface area contributed by atoms with E-state index in [4.69, 9.17) is 0 Å². The highest BCUT2D eigenvalue weighted by atomic mass is 32.1. The highest BCUT2D eigenvalue weighted by Crippen LogP contribution is 2.26. The van der Waals surface area contributed by atoms with E-state index < -0.39 is 0 Å². The van der Waals surface area contributed by atoms with Crippen molar-refractivity contribution in [3.8, 4) is 0 Å². The van der Waals surface area contributed by atoms with E-state index in [2.05, 4.69) is 55.0 Å². The average molecular weight is 299 g/mol. The molecule has 0 aliphatic rings. The minimum Gasteiger partial charge on any atom is -0.351 e. The molecule has 3 aromatic rings. The summed E-state index contributed by atoms with van der Waals surface area (Å²) in [4.78, 5) is 8.31. The zero-order valence-electron chi connectivity index (χ0n) is 10.7. The zero-order chi connectivity index (χ0) is 13.6. The third-order valence-electron chi connectivity index (χ3n) is 2.80. The Morgan fingerprint density at radius 3 is 2.25 bits per heavy atom. The van der Waals surface area contributed by atoms with Crippen molar-refractivity contribution < 1.29 is 0 Å². The van der Waals surface area contributed by atoms with Gasteiger partial charge >= 0.3 is 0 Å². The molecule has 3 nitrogen and oxygen atoms in total. The van der Waals surface area contributed by atoms with Crippen molar-refractivity contribution in [1.82, 2.24) is 9.97 Å². The Labute approximate surface area is 125 Å². The first-order valence-corrected chi connectivity index (χ1v) is 8.08. The lowest BCUT2D eigenvalue weighted by atomic mass is 10.0. The highest BCUT2D eigenvalue weighted by Gasteiger charge is 2.05. The fourth-order valence-corrected chi connectivity index (χ4v) is 3.18. The molecule has 0 bridgehead atoms. The number of hydrogen-bond donors (Lipinski definition) is 1. The van der Waals surface area contributed by atoms with Gasteiger partial charge in [-0.2, -0.15) is 22.7 Å². The van der Waals surface area contributed by atoms with Gasteiger partial charge in [0.05, 0.1) is 0 Å². The van der Waals surface area contributed by atoms with Gasteiger partial charge in [-0.15, -0.1) is 0 Å². The van der Waals surface area contributed by atoms with Gasteiger partial charge < -0.3 is 5.32 Å². The molecule has 0 saturated heterocycles. The lowest BCUT2D eigenvalue weighted by molar-refractivity contribution is 1.12. The molecule has 5 heteroatoms. The van der Waals surface area contributed by atoms with Gasteiger partial charge in [0.15, 0.2) is 0 Å².